The Hall–Kier alpha value is -1.06. The average Bonchev–Trinajstić information content (AvgIpc) is 2.44. The number of aromatic hydroxyl groups is 1. The van der Waals surface area contributed by atoms with Crippen LogP contribution in [0.3, 0.4) is 0 Å². The van der Waals surface area contributed by atoms with Gasteiger partial charge >= 0.3 is 0 Å². The normalized spacial score (nSPS) is 25.0. The Morgan fingerprint density at radius 2 is 1.95 bits per heavy atom. The zero-order chi connectivity index (χ0) is 14.9. The molecule has 0 amide bonds. The fourth-order valence-electron chi connectivity index (χ4n) is 4.02. The van der Waals surface area contributed by atoms with Gasteiger partial charge in [0, 0.05) is 30.7 Å². The minimum absolute atomic E-state index is 0.166. The molecule has 1 heterocycles. The minimum atomic E-state index is 0.166. The summed E-state index contributed by atoms with van der Waals surface area (Å²) in [5.74, 6) is 0.375. The predicted octanol–water partition coefficient (Wildman–Crippen LogP) is 3.28. The van der Waals surface area contributed by atoms with Gasteiger partial charge in [-0.05, 0) is 44.4 Å². The first-order chi connectivity index (χ1) is 9.99. The highest BCUT2D eigenvalue weighted by atomic mass is 16.3. The highest BCUT2D eigenvalue weighted by molar-refractivity contribution is 5.27. The Balaban J connectivity index is 1.83. The van der Waals surface area contributed by atoms with Crippen LogP contribution in [0.2, 0.25) is 0 Å². The van der Waals surface area contributed by atoms with E-state index in [2.05, 4.69) is 30.1 Å². The molecule has 0 atom stereocenters. The third-order valence-corrected chi connectivity index (χ3v) is 5.22. The maximum Gasteiger partial charge on any atom is 0.115 e. The Morgan fingerprint density at radius 3 is 2.67 bits per heavy atom. The first-order valence-corrected chi connectivity index (χ1v) is 8.27. The van der Waals surface area contributed by atoms with Crippen LogP contribution in [-0.2, 0) is 6.54 Å². The van der Waals surface area contributed by atoms with Gasteiger partial charge < -0.3 is 10.4 Å². The molecule has 21 heavy (non-hydrogen) atoms. The predicted molar refractivity (Wildman–Crippen MR) is 86.4 cm³/mol. The van der Waals surface area contributed by atoms with Crippen LogP contribution in [0.25, 0.3) is 0 Å². The van der Waals surface area contributed by atoms with Crippen molar-refractivity contribution in [1.29, 1.82) is 0 Å². The van der Waals surface area contributed by atoms with Crippen molar-refractivity contribution < 1.29 is 5.11 Å². The number of hydrogen-bond acceptors (Lipinski definition) is 3. The van der Waals surface area contributed by atoms with E-state index in [1.54, 1.807) is 6.07 Å². The van der Waals surface area contributed by atoms with Crippen molar-refractivity contribution in [2.45, 2.75) is 63.6 Å². The standard InChI is InChI=1S/C18H28N2O/c1-17(2)14-20(12-15-7-6-8-16(21)11-15)18(13-19-17)9-4-3-5-10-18/h6-8,11,19,21H,3-5,9-10,12-14H2,1-2H3. The van der Waals surface area contributed by atoms with Gasteiger partial charge in [0.15, 0.2) is 0 Å². The maximum absolute atomic E-state index is 9.72. The van der Waals surface area contributed by atoms with Crippen molar-refractivity contribution in [2.75, 3.05) is 13.1 Å². The number of nitrogens with one attached hydrogen (secondary N) is 1. The van der Waals surface area contributed by atoms with Gasteiger partial charge in [0.25, 0.3) is 0 Å². The molecule has 0 unspecified atom stereocenters. The number of phenolic OH excluding ortho intramolecular Hbond substituents is 1. The van der Waals surface area contributed by atoms with Gasteiger partial charge in [0.2, 0.25) is 0 Å². The molecule has 0 aromatic heterocycles. The molecule has 116 valence electrons. The third-order valence-electron chi connectivity index (χ3n) is 5.22. The summed E-state index contributed by atoms with van der Waals surface area (Å²) in [5, 5.41) is 13.5. The molecule has 1 aliphatic carbocycles. The molecule has 0 radical (unpaired) electrons. The molecule has 2 aliphatic rings. The fraction of sp³-hybridized carbons (Fsp3) is 0.667. The summed E-state index contributed by atoms with van der Waals surface area (Å²) >= 11 is 0. The number of hydrogen-bond donors (Lipinski definition) is 2. The van der Waals surface area contributed by atoms with Crippen LogP contribution in [0.15, 0.2) is 24.3 Å². The largest absolute Gasteiger partial charge is 0.508 e. The maximum atomic E-state index is 9.72. The van der Waals surface area contributed by atoms with Gasteiger partial charge in [-0.2, -0.15) is 0 Å². The van der Waals surface area contributed by atoms with Gasteiger partial charge in [0.1, 0.15) is 5.75 Å². The summed E-state index contributed by atoms with van der Waals surface area (Å²) in [7, 11) is 0. The lowest BCUT2D eigenvalue weighted by Crippen LogP contribution is -2.68. The molecule has 0 bridgehead atoms. The quantitative estimate of drug-likeness (QED) is 0.876. The summed E-state index contributed by atoms with van der Waals surface area (Å²) in [6, 6.07) is 7.74. The zero-order valence-corrected chi connectivity index (χ0v) is 13.4. The summed E-state index contributed by atoms with van der Waals surface area (Å²) in [6.07, 6.45) is 6.67. The highest BCUT2D eigenvalue weighted by Crippen LogP contribution is 2.38. The van der Waals surface area contributed by atoms with Crippen LogP contribution in [-0.4, -0.2) is 34.2 Å². The van der Waals surface area contributed by atoms with E-state index in [9.17, 15) is 5.11 Å². The van der Waals surface area contributed by atoms with E-state index < -0.39 is 0 Å². The molecular weight excluding hydrogens is 260 g/mol. The number of benzene rings is 1. The van der Waals surface area contributed by atoms with Crippen molar-refractivity contribution in [3.05, 3.63) is 29.8 Å². The second kappa shape index (κ2) is 5.62. The molecule has 1 spiro atoms. The molecule has 1 aromatic carbocycles. The smallest absolute Gasteiger partial charge is 0.115 e. The van der Waals surface area contributed by atoms with E-state index in [0.717, 1.165) is 19.6 Å². The molecule has 1 saturated heterocycles. The molecule has 3 heteroatoms. The lowest BCUT2D eigenvalue weighted by molar-refractivity contribution is -0.0161. The highest BCUT2D eigenvalue weighted by Gasteiger charge is 2.44. The van der Waals surface area contributed by atoms with Crippen LogP contribution in [0.1, 0.15) is 51.5 Å². The topological polar surface area (TPSA) is 35.5 Å². The summed E-state index contributed by atoms with van der Waals surface area (Å²) < 4.78 is 0. The van der Waals surface area contributed by atoms with E-state index in [0.29, 0.717) is 11.3 Å². The molecule has 2 N–H and O–H groups in total. The monoisotopic (exact) mass is 288 g/mol. The molecule has 1 saturated carbocycles. The van der Waals surface area contributed by atoms with Crippen molar-refractivity contribution in [2.24, 2.45) is 0 Å². The lowest BCUT2D eigenvalue weighted by atomic mass is 9.76. The number of nitrogens with zero attached hydrogens (tertiary/aromatic N) is 1. The molecular formula is C18H28N2O. The second-order valence-corrected chi connectivity index (χ2v) is 7.55. The number of rotatable bonds is 2. The zero-order valence-electron chi connectivity index (χ0n) is 13.4. The third kappa shape index (κ3) is 3.24. The van der Waals surface area contributed by atoms with E-state index in [-0.39, 0.29) is 5.54 Å². The molecule has 3 nitrogen and oxygen atoms in total. The number of piperazine rings is 1. The van der Waals surface area contributed by atoms with Crippen molar-refractivity contribution in [3.63, 3.8) is 0 Å². The second-order valence-electron chi connectivity index (χ2n) is 7.55. The molecule has 3 rings (SSSR count). The molecule has 2 fully saturated rings. The Morgan fingerprint density at radius 1 is 1.19 bits per heavy atom. The average molecular weight is 288 g/mol. The SMILES string of the molecule is CC1(C)CN(Cc2cccc(O)c2)C2(CCCCC2)CN1. The van der Waals surface area contributed by atoms with Gasteiger partial charge in [0.05, 0.1) is 0 Å². The van der Waals surface area contributed by atoms with E-state index in [1.807, 2.05) is 12.1 Å². The van der Waals surface area contributed by atoms with Crippen molar-refractivity contribution in [3.8, 4) is 5.75 Å². The molecule has 1 aromatic rings. The van der Waals surface area contributed by atoms with Crippen LogP contribution in [0.5, 0.6) is 5.75 Å². The number of phenols is 1. The van der Waals surface area contributed by atoms with Gasteiger partial charge in [-0.15, -0.1) is 0 Å². The first-order valence-electron chi connectivity index (χ1n) is 8.27. The summed E-state index contributed by atoms with van der Waals surface area (Å²) in [4.78, 5) is 2.68. The first kappa shape index (κ1) is 14.9. The van der Waals surface area contributed by atoms with Crippen LogP contribution in [0, 0.1) is 0 Å². The van der Waals surface area contributed by atoms with Crippen molar-refractivity contribution in [1.82, 2.24) is 10.2 Å². The van der Waals surface area contributed by atoms with E-state index >= 15 is 0 Å². The lowest BCUT2D eigenvalue weighted by Gasteiger charge is -2.54. The van der Waals surface area contributed by atoms with E-state index in [1.165, 1.54) is 37.7 Å². The Bertz CT molecular complexity index is 492. The van der Waals surface area contributed by atoms with Crippen LogP contribution >= 0.6 is 0 Å². The fourth-order valence-corrected chi connectivity index (χ4v) is 4.02. The summed E-state index contributed by atoms with van der Waals surface area (Å²) in [6.45, 7) is 7.69. The van der Waals surface area contributed by atoms with Gasteiger partial charge in [-0.3, -0.25) is 4.90 Å². The van der Waals surface area contributed by atoms with Gasteiger partial charge in [-0.25, -0.2) is 0 Å². The van der Waals surface area contributed by atoms with Gasteiger partial charge in [-0.1, -0.05) is 31.4 Å². The summed E-state index contributed by atoms with van der Waals surface area (Å²) in [5.41, 5.74) is 1.70. The Kier molecular flexibility index (Phi) is 3.98. The van der Waals surface area contributed by atoms with Crippen LogP contribution < -0.4 is 5.32 Å². The van der Waals surface area contributed by atoms with E-state index in [4.69, 9.17) is 0 Å². The molecule has 1 aliphatic heterocycles. The van der Waals surface area contributed by atoms with Crippen molar-refractivity contribution >= 4 is 0 Å². The Labute approximate surface area is 128 Å². The minimum Gasteiger partial charge on any atom is -0.508 e. The van der Waals surface area contributed by atoms with Crippen LogP contribution in [0.4, 0.5) is 0 Å².